The maximum Gasteiger partial charge on any atom is 0.356 e. The lowest BCUT2D eigenvalue weighted by atomic mass is 9.84. The zero-order chi connectivity index (χ0) is 17.7. The van der Waals surface area contributed by atoms with Crippen molar-refractivity contribution in [1.82, 2.24) is 9.97 Å². The number of rotatable bonds is 3. The predicted molar refractivity (Wildman–Crippen MR) is 80.8 cm³/mol. The van der Waals surface area contributed by atoms with Crippen molar-refractivity contribution in [2.24, 2.45) is 0 Å². The average molecular weight is 337 g/mol. The van der Waals surface area contributed by atoms with Crippen molar-refractivity contribution in [3.8, 4) is 11.3 Å². The third kappa shape index (κ3) is 2.38. The lowest BCUT2D eigenvalue weighted by Gasteiger charge is -2.55. The highest BCUT2D eigenvalue weighted by Gasteiger charge is 2.62. The smallest absolute Gasteiger partial charge is 0.356 e. The summed E-state index contributed by atoms with van der Waals surface area (Å²) in [5.41, 5.74) is -1.28. The summed E-state index contributed by atoms with van der Waals surface area (Å²) in [5, 5.41) is 9.09. The molecule has 0 saturated carbocycles. The van der Waals surface area contributed by atoms with Gasteiger partial charge in [-0.2, -0.15) is 0 Å². The molecule has 126 valence electrons. The van der Waals surface area contributed by atoms with Crippen molar-refractivity contribution in [3.63, 3.8) is 0 Å². The van der Waals surface area contributed by atoms with Crippen LogP contribution in [-0.2, 0) is 0 Å². The van der Waals surface area contributed by atoms with E-state index < -0.39 is 29.8 Å². The van der Waals surface area contributed by atoms with E-state index in [9.17, 15) is 18.0 Å². The van der Waals surface area contributed by atoms with Gasteiger partial charge in [-0.25, -0.2) is 27.9 Å². The van der Waals surface area contributed by atoms with E-state index in [0.717, 1.165) is 6.20 Å². The maximum atomic E-state index is 13.8. The van der Waals surface area contributed by atoms with Crippen molar-refractivity contribution in [2.45, 2.75) is 25.3 Å². The number of anilines is 1. The van der Waals surface area contributed by atoms with E-state index in [2.05, 4.69) is 9.97 Å². The largest absolute Gasteiger partial charge is 0.476 e. The third-order valence-electron chi connectivity index (χ3n) is 4.27. The van der Waals surface area contributed by atoms with Crippen LogP contribution in [0, 0.1) is 5.82 Å². The second kappa shape index (κ2) is 5.19. The van der Waals surface area contributed by atoms with E-state index in [1.165, 1.54) is 43.0 Å². The van der Waals surface area contributed by atoms with Crippen molar-refractivity contribution >= 4 is 11.8 Å². The fourth-order valence-electron chi connectivity index (χ4n) is 2.52. The van der Waals surface area contributed by atoms with Crippen LogP contribution in [0.5, 0.6) is 0 Å². The normalized spacial score (nSPS) is 18.1. The lowest BCUT2D eigenvalue weighted by molar-refractivity contribution is -0.112. The van der Waals surface area contributed by atoms with Gasteiger partial charge in [0.05, 0.1) is 12.7 Å². The molecule has 2 aromatic rings. The highest BCUT2D eigenvalue weighted by molar-refractivity contribution is 5.87. The number of benzene rings is 1. The molecule has 1 N–H and O–H groups in total. The Morgan fingerprint density at radius 1 is 1.25 bits per heavy atom. The first-order valence-electron chi connectivity index (χ1n) is 7.15. The number of nitrogens with zero attached hydrogens (tertiary/aromatic N) is 3. The molecule has 1 aliphatic heterocycles. The van der Waals surface area contributed by atoms with Crippen LogP contribution in [0.15, 0.2) is 30.5 Å². The van der Waals surface area contributed by atoms with Crippen LogP contribution in [0.25, 0.3) is 11.3 Å². The summed E-state index contributed by atoms with van der Waals surface area (Å²) in [6.07, 6.45) is 1.03. The van der Waals surface area contributed by atoms with E-state index in [-0.39, 0.29) is 17.2 Å². The monoisotopic (exact) mass is 337 g/mol. The van der Waals surface area contributed by atoms with Gasteiger partial charge in [0.2, 0.25) is 0 Å². The SMILES string of the molecule is CC1(C)N(c2ncc(C(=O)O)nc2-c2ccc(F)cc2)CC1(F)F. The second-order valence-electron chi connectivity index (χ2n) is 6.09. The number of carbonyl (C=O) groups is 1. The molecule has 24 heavy (non-hydrogen) atoms. The number of alkyl halides is 2. The number of aromatic carboxylic acids is 1. The first-order valence-corrected chi connectivity index (χ1v) is 7.15. The number of hydrogen-bond donors (Lipinski definition) is 1. The van der Waals surface area contributed by atoms with Crippen LogP contribution in [0.2, 0.25) is 0 Å². The van der Waals surface area contributed by atoms with Gasteiger partial charge in [0.1, 0.15) is 17.1 Å². The van der Waals surface area contributed by atoms with Crippen LogP contribution in [0.1, 0.15) is 24.3 Å². The molecule has 0 unspecified atom stereocenters. The van der Waals surface area contributed by atoms with E-state index in [1.54, 1.807) is 0 Å². The topological polar surface area (TPSA) is 66.3 Å². The van der Waals surface area contributed by atoms with Gasteiger partial charge in [-0.15, -0.1) is 0 Å². The van der Waals surface area contributed by atoms with Gasteiger partial charge < -0.3 is 10.0 Å². The van der Waals surface area contributed by atoms with Crippen molar-refractivity contribution in [3.05, 3.63) is 42.0 Å². The first-order chi connectivity index (χ1) is 11.1. The molecule has 2 heterocycles. The number of hydrogen-bond acceptors (Lipinski definition) is 4. The maximum absolute atomic E-state index is 13.8. The molecular weight excluding hydrogens is 323 g/mol. The molecule has 0 radical (unpaired) electrons. The predicted octanol–water partition coefficient (Wildman–Crippen LogP) is 3.21. The fourth-order valence-corrected chi connectivity index (χ4v) is 2.52. The first kappa shape index (κ1) is 16.2. The van der Waals surface area contributed by atoms with E-state index >= 15 is 0 Å². The van der Waals surface area contributed by atoms with Gasteiger partial charge in [-0.1, -0.05) is 0 Å². The minimum absolute atomic E-state index is 0.124. The Morgan fingerprint density at radius 2 is 1.88 bits per heavy atom. The van der Waals surface area contributed by atoms with E-state index in [1.807, 2.05) is 0 Å². The summed E-state index contributed by atoms with van der Waals surface area (Å²) in [6, 6.07) is 5.17. The van der Waals surface area contributed by atoms with Gasteiger partial charge in [0.15, 0.2) is 11.5 Å². The summed E-state index contributed by atoms with van der Waals surface area (Å²) in [5.74, 6) is -4.52. The van der Waals surface area contributed by atoms with Crippen LogP contribution < -0.4 is 4.90 Å². The Hall–Kier alpha value is -2.64. The molecule has 0 aliphatic carbocycles. The van der Waals surface area contributed by atoms with Gasteiger partial charge in [0, 0.05) is 5.56 Å². The minimum Gasteiger partial charge on any atom is -0.476 e. The molecular formula is C16H14F3N3O2. The number of carboxylic acid groups (broad SMARTS) is 1. The molecule has 1 saturated heterocycles. The zero-order valence-electron chi connectivity index (χ0n) is 12.9. The number of aromatic nitrogens is 2. The minimum atomic E-state index is -2.90. The van der Waals surface area contributed by atoms with Crippen molar-refractivity contribution in [2.75, 3.05) is 11.4 Å². The van der Waals surface area contributed by atoms with Crippen molar-refractivity contribution < 1.29 is 23.1 Å². The summed E-state index contributed by atoms with van der Waals surface area (Å²) in [7, 11) is 0. The molecule has 5 nitrogen and oxygen atoms in total. The molecule has 0 spiro atoms. The Morgan fingerprint density at radius 3 is 2.38 bits per heavy atom. The Balaban J connectivity index is 2.13. The van der Waals surface area contributed by atoms with Gasteiger partial charge in [-0.05, 0) is 38.1 Å². The zero-order valence-corrected chi connectivity index (χ0v) is 12.9. The van der Waals surface area contributed by atoms with Gasteiger partial charge in [-0.3, -0.25) is 0 Å². The molecule has 1 aliphatic rings. The van der Waals surface area contributed by atoms with E-state index in [4.69, 9.17) is 5.11 Å². The molecule has 1 aromatic carbocycles. The third-order valence-corrected chi connectivity index (χ3v) is 4.27. The summed E-state index contributed by atoms with van der Waals surface area (Å²) in [4.78, 5) is 20.6. The lowest BCUT2D eigenvalue weighted by Crippen LogP contribution is -2.72. The van der Waals surface area contributed by atoms with Crippen LogP contribution >= 0.6 is 0 Å². The molecule has 0 amide bonds. The summed E-state index contributed by atoms with van der Waals surface area (Å²) in [6.45, 7) is 2.20. The molecule has 1 aromatic heterocycles. The molecule has 0 atom stereocenters. The van der Waals surface area contributed by atoms with Gasteiger partial charge >= 0.3 is 5.97 Å². The summed E-state index contributed by atoms with van der Waals surface area (Å²) >= 11 is 0. The Kier molecular flexibility index (Phi) is 3.51. The highest BCUT2D eigenvalue weighted by atomic mass is 19.3. The van der Waals surface area contributed by atoms with Crippen LogP contribution in [0.3, 0.4) is 0 Å². The molecule has 0 bridgehead atoms. The fraction of sp³-hybridized carbons (Fsp3) is 0.312. The number of halogens is 3. The molecule has 1 fully saturated rings. The van der Waals surface area contributed by atoms with E-state index in [0.29, 0.717) is 5.56 Å². The standard InChI is InChI=1S/C16H14F3N3O2/c1-15(2)16(18,19)8-22(15)13-12(9-3-5-10(17)6-4-9)21-11(7-20-13)14(23)24/h3-7H,8H2,1-2H3,(H,23,24). The molecule has 8 heteroatoms. The van der Waals surface area contributed by atoms with Crippen LogP contribution in [-0.4, -0.2) is 39.1 Å². The van der Waals surface area contributed by atoms with Crippen molar-refractivity contribution in [1.29, 1.82) is 0 Å². The Labute approximate surface area is 135 Å². The second-order valence-corrected chi connectivity index (χ2v) is 6.09. The highest BCUT2D eigenvalue weighted by Crippen LogP contribution is 2.47. The van der Waals surface area contributed by atoms with Gasteiger partial charge in [0.25, 0.3) is 5.92 Å². The number of carboxylic acids is 1. The quantitative estimate of drug-likeness (QED) is 0.931. The average Bonchev–Trinajstić information content (AvgIpc) is 2.53. The van der Waals surface area contributed by atoms with Crippen LogP contribution in [0.4, 0.5) is 19.0 Å². The summed E-state index contributed by atoms with van der Waals surface area (Å²) < 4.78 is 40.8. The molecule has 3 rings (SSSR count). The Bertz CT molecular complexity index is 807.